The molecule has 0 amide bonds. The molecule has 2 rings (SSSR count). The lowest BCUT2D eigenvalue weighted by Crippen LogP contribution is -2.18. The molecule has 1 aliphatic heterocycles. The second-order valence-corrected chi connectivity index (χ2v) is 6.82. The number of ether oxygens (including phenoxy) is 1. The summed E-state index contributed by atoms with van der Waals surface area (Å²) in [5, 5.41) is 10.3. The van der Waals surface area contributed by atoms with Gasteiger partial charge in [-0.1, -0.05) is 0 Å². The van der Waals surface area contributed by atoms with Gasteiger partial charge in [-0.05, 0) is 12.1 Å². The van der Waals surface area contributed by atoms with Gasteiger partial charge in [-0.15, -0.1) is 11.8 Å². The Balaban J connectivity index is 2.25. The van der Waals surface area contributed by atoms with Crippen LogP contribution in [0.4, 0.5) is 5.69 Å². The van der Waals surface area contributed by atoms with Crippen molar-refractivity contribution < 1.29 is 27.1 Å². The van der Waals surface area contributed by atoms with Crippen molar-refractivity contribution in [3.8, 4) is 5.75 Å². The first-order valence-corrected chi connectivity index (χ1v) is 8.94. The van der Waals surface area contributed by atoms with Gasteiger partial charge < -0.3 is 8.92 Å². The smallest absolute Gasteiger partial charge is 0.357 e. The summed E-state index contributed by atoms with van der Waals surface area (Å²) in [7, 11) is -4.26. The number of aliphatic imine (C=N–C) groups is 1. The van der Waals surface area contributed by atoms with Crippen LogP contribution >= 0.6 is 11.8 Å². The average molecular weight is 372 g/mol. The van der Waals surface area contributed by atoms with E-state index in [4.69, 9.17) is 8.92 Å². The van der Waals surface area contributed by atoms with E-state index in [0.29, 0.717) is 5.57 Å². The van der Waals surface area contributed by atoms with E-state index >= 15 is 0 Å². The topological polar surface area (TPSA) is 125 Å². The molecule has 0 atom stereocenters. The third kappa shape index (κ3) is 4.55. The van der Waals surface area contributed by atoms with Crippen molar-refractivity contribution in [1.82, 2.24) is 0 Å². The van der Waals surface area contributed by atoms with Gasteiger partial charge in [0, 0.05) is 30.4 Å². The van der Waals surface area contributed by atoms with Crippen molar-refractivity contribution in [3.05, 3.63) is 45.0 Å². The molecule has 0 radical (unpaired) electrons. The van der Waals surface area contributed by atoms with Crippen LogP contribution in [0.25, 0.3) is 0 Å². The van der Waals surface area contributed by atoms with Gasteiger partial charge >= 0.3 is 16.1 Å². The van der Waals surface area contributed by atoms with E-state index in [0.717, 1.165) is 12.1 Å². The number of nitro benzene ring substituents is 1. The Morgan fingerprint density at radius 3 is 2.62 bits per heavy atom. The number of nitrogens with zero attached hydrogens (tertiary/aromatic N) is 2. The number of hydrogen-bond acceptors (Lipinski definition) is 9. The highest BCUT2D eigenvalue weighted by Crippen LogP contribution is 2.26. The van der Waals surface area contributed by atoms with Crippen molar-refractivity contribution in [2.75, 3.05) is 12.4 Å². The summed E-state index contributed by atoms with van der Waals surface area (Å²) >= 11 is 1.25. The van der Waals surface area contributed by atoms with E-state index in [-0.39, 0.29) is 28.8 Å². The van der Waals surface area contributed by atoms with E-state index in [1.54, 1.807) is 0 Å². The lowest BCUT2D eigenvalue weighted by Gasteiger charge is -2.15. The Kier molecular flexibility index (Phi) is 5.57. The molecule has 0 N–H and O–H groups in total. The van der Waals surface area contributed by atoms with Crippen LogP contribution in [0.5, 0.6) is 5.75 Å². The molecule has 9 nitrogen and oxygen atoms in total. The lowest BCUT2D eigenvalue weighted by atomic mass is 10.3. The van der Waals surface area contributed by atoms with Crippen LogP contribution in [0.3, 0.4) is 0 Å². The highest BCUT2D eigenvalue weighted by Gasteiger charge is 2.26. The second-order valence-electron chi connectivity index (χ2n) is 4.52. The number of benzene rings is 1. The van der Waals surface area contributed by atoms with Crippen molar-refractivity contribution in [3.63, 3.8) is 0 Å². The van der Waals surface area contributed by atoms with Crippen molar-refractivity contribution >= 4 is 39.1 Å². The molecule has 1 aromatic carbocycles. The molecule has 1 heterocycles. The fourth-order valence-corrected chi connectivity index (χ4v) is 3.64. The third-order valence-electron chi connectivity index (χ3n) is 2.74. The first-order valence-electron chi connectivity index (χ1n) is 6.48. The minimum atomic E-state index is -4.26. The number of non-ortho nitro benzene ring substituents is 1. The van der Waals surface area contributed by atoms with Gasteiger partial charge in [0.1, 0.15) is 12.4 Å². The summed E-state index contributed by atoms with van der Waals surface area (Å²) in [4.78, 5) is 24.7. The SMILES string of the molecule is CC(=O)OCC1=C(S(=O)(=O)Oc2ccc([N+](=O)[O-])cc2)N=CSC1. The van der Waals surface area contributed by atoms with Crippen LogP contribution in [0.2, 0.25) is 0 Å². The van der Waals surface area contributed by atoms with Crippen LogP contribution in [-0.4, -0.2) is 37.2 Å². The number of esters is 1. The van der Waals surface area contributed by atoms with E-state index < -0.39 is 21.0 Å². The number of hydrogen-bond donors (Lipinski definition) is 0. The Hall–Kier alpha value is -2.40. The fourth-order valence-electron chi connectivity index (χ4n) is 1.70. The molecule has 1 aromatic rings. The van der Waals surface area contributed by atoms with Crippen LogP contribution in [0.15, 0.2) is 39.9 Å². The van der Waals surface area contributed by atoms with Crippen molar-refractivity contribution in [1.29, 1.82) is 0 Å². The van der Waals surface area contributed by atoms with Crippen molar-refractivity contribution in [2.24, 2.45) is 4.99 Å². The summed E-state index contributed by atoms with van der Waals surface area (Å²) in [6.07, 6.45) is 0. The van der Waals surface area contributed by atoms with Crippen LogP contribution in [0, 0.1) is 10.1 Å². The summed E-state index contributed by atoms with van der Waals surface area (Å²) in [5.74, 6) is -0.349. The van der Waals surface area contributed by atoms with Crippen LogP contribution in [0.1, 0.15) is 6.92 Å². The number of rotatable bonds is 6. The molecule has 0 bridgehead atoms. The quantitative estimate of drug-likeness (QED) is 0.320. The zero-order valence-electron chi connectivity index (χ0n) is 12.4. The maximum Gasteiger partial charge on any atom is 0.357 e. The Bertz CT molecular complexity index is 813. The van der Waals surface area contributed by atoms with Gasteiger partial charge in [0.25, 0.3) is 5.69 Å². The molecule has 0 spiro atoms. The molecule has 1 aliphatic rings. The molecule has 0 saturated heterocycles. The zero-order chi connectivity index (χ0) is 17.7. The molecule has 0 aliphatic carbocycles. The summed E-state index contributed by atoms with van der Waals surface area (Å²) in [6, 6.07) is 4.59. The maximum absolute atomic E-state index is 12.4. The Morgan fingerprint density at radius 1 is 1.38 bits per heavy atom. The van der Waals surface area contributed by atoms with E-state index in [1.807, 2.05) is 0 Å². The Labute approximate surface area is 141 Å². The number of carbonyl (C=O) groups excluding carboxylic acids is 1. The molecule has 24 heavy (non-hydrogen) atoms. The molecule has 11 heteroatoms. The minimum Gasteiger partial charge on any atom is -0.461 e. The fraction of sp³-hybridized carbons (Fsp3) is 0.231. The molecular weight excluding hydrogens is 360 g/mol. The number of carbonyl (C=O) groups is 1. The highest BCUT2D eigenvalue weighted by atomic mass is 32.2. The van der Waals surface area contributed by atoms with Gasteiger partial charge in [-0.2, -0.15) is 8.42 Å². The van der Waals surface area contributed by atoms with Gasteiger partial charge in [0.2, 0.25) is 0 Å². The maximum atomic E-state index is 12.4. The van der Waals surface area contributed by atoms with Crippen LogP contribution in [-0.2, 0) is 19.6 Å². The average Bonchev–Trinajstić information content (AvgIpc) is 2.53. The zero-order valence-corrected chi connectivity index (χ0v) is 14.0. The summed E-state index contributed by atoms with van der Waals surface area (Å²) in [6.45, 7) is 0.999. The molecule has 0 saturated carbocycles. The van der Waals surface area contributed by atoms with E-state index in [9.17, 15) is 23.3 Å². The van der Waals surface area contributed by atoms with Gasteiger partial charge in [-0.3, -0.25) is 14.9 Å². The third-order valence-corrected chi connectivity index (χ3v) is 4.79. The number of nitro groups is 1. The van der Waals surface area contributed by atoms with Crippen LogP contribution < -0.4 is 4.18 Å². The second kappa shape index (κ2) is 7.45. The summed E-state index contributed by atoms with van der Waals surface area (Å²) < 4.78 is 34.5. The van der Waals surface area contributed by atoms with Gasteiger partial charge in [0.15, 0.2) is 5.03 Å². The predicted octanol–water partition coefficient (Wildman–Crippen LogP) is 1.85. The highest BCUT2D eigenvalue weighted by molar-refractivity contribution is 8.12. The minimum absolute atomic E-state index is 0.0895. The van der Waals surface area contributed by atoms with E-state index in [2.05, 4.69) is 4.99 Å². The molecule has 128 valence electrons. The number of thioether (sulfide) groups is 1. The molecule has 0 aromatic heterocycles. The predicted molar refractivity (Wildman–Crippen MR) is 87.3 cm³/mol. The first kappa shape index (κ1) is 17.9. The van der Waals surface area contributed by atoms with Gasteiger partial charge in [0.05, 0.1) is 10.5 Å². The van der Waals surface area contributed by atoms with E-state index in [1.165, 1.54) is 36.4 Å². The molecular formula is C13H12N2O7S2. The first-order chi connectivity index (χ1) is 11.3. The Morgan fingerprint density at radius 2 is 2.04 bits per heavy atom. The van der Waals surface area contributed by atoms with Gasteiger partial charge in [-0.25, -0.2) is 4.99 Å². The summed E-state index contributed by atoms with van der Waals surface area (Å²) in [5.41, 5.74) is 1.45. The normalized spacial score (nSPS) is 14.4. The standard InChI is InChI=1S/C13H12N2O7S2/c1-9(16)21-6-10-7-23-8-14-13(10)24(19,20)22-12-4-2-11(3-5-12)15(17)18/h2-5,8H,6-7H2,1H3. The molecule has 0 fully saturated rings. The van der Waals surface area contributed by atoms with Crippen molar-refractivity contribution in [2.45, 2.75) is 6.92 Å². The lowest BCUT2D eigenvalue weighted by molar-refractivity contribution is -0.384. The monoisotopic (exact) mass is 372 g/mol. The molecule has 0 unspecified atom stereocenters. The largest absolute Gasteiger partial charge is 0.461 e.